The zero-order valence-corrected chi connectivity index (χ0v) is 12.9. The van der Waals surface area contributed by atoms with Gasteiger partial charge < -0.3 is 4.90 Å². The fraction of sp³-hybridized carbons (Fsp3) is 0.533. The van der Waals surface area contributed by atoms with E-state index >= 15 is 0 Å². The molecule has 3 unspecified atom stereocenters. The Labute approximate surface area is 123 Å². The van der Waals surface area contributed by atoms with Gasteiger partial charge in [-0.1, -0.05) is 30.3 Å². The summed E-state index contributed by atoms with van der Waals surface area (Å²) in [5, 5.41) is 3.34. The zero-order valence-electron chi connectivity index (χ0n) is 12.0. The van der Waals surface area contributed by atoms with Crippen LogP contribution in [0.1, 0.15) is 18.9 Å². The SMILES string of the molecule is CC1NC(Cc2ccccc2)C(=O)N1CCCS(C)=O. The minimum Gasteiger partial charge on any atom is -0.326 e. The number of hydrogen-bond acceptors (Lipinski definition) is 3. The van der Waals surface area contributed by atoms with E-state index in [1.807, 2.05) is 42.2 Å². The second kappa shape index (κ2) is 6.99. The highest BCUT2D eigenvalue weighted by atomic mass is 32.2. The standard InChI is InChI=1S/C15H22N2O2S/c1-12-16-14(11-13-7-4-3-5-8-13)15(18)17(12)9-6-10-20(2)19/h3-5,7-8,12,14,16H,6,9-11H2,1-2H3. The van der Waals surface area contributed by atoms with Gasteiger partial charge in [-0.05, 0) is 25.3 Å². The number of hydrogen-bond donors (Lipinski definition) is 1. The van der Waals surface area contributed by atoms with Crippen LogP contribution < -0.4 is 5.32 Å². The molecule has 20 heavy (non-hydrogen) atoms. The van der Waals surface area contributed by atoms with Crippen LogP contribution >= 0.6 is 0 Å². The molecule has 0 radical (unpaired) electrons. The van der Waals surface area contributed by atoms with E-state index in [0.29, 0.717) is 12.3 Å². The second-order valence-corrected chi connectivity index (χ2v) is 6.80. The number of carbonyl (C=O) groups excluding carboxylic acids is 1. The number of benzene rings is 1. The van der Waals surface area contributed by atoms with Crippen molar-refractivity contribution >= 4 is 16.7 Å². The predicted octanol–water partition coefficient (Wildman–Crippen LogP) is 1.14. The van der Waals surface area contributed by atoms with E-state index in [1.165, 1.54) is 5.56 Å². The molecule has 1 heterocycles. The maximum Gasteiger partial charge on any atom is 0.241 e. The van der Waals surface area contributed by atoms with Gasteiger partial charge in [-0.3, -0.25) is 14.3 Å². The maximum atomic E-state index is 12.4. The van der Waals surface area contributed by atoms with Crippen molar-refractivity contribution in [3.8, 4) is 0 Å². The average molecular weight is 294 g/mol. The largest absolute Gasteiger partial charge is 0.326 e. The smallest absolute Gasteiger partial charge is 0.241 e. The van der Waals surface area contributed by atoms with Gasteiger partial charge in [0.25, 0.3) is 0 Å². The third-order valence-corrected chi connectivity index (χ3v) is 4.47. The molecular formula is C15H22N2O2S. The average Bonchev–Trinajstić information content (AvgIpc) is 2.67. The molecule has 1 fully saturated rings. The van der Waals surface area contributed by atoms with Gasteiger partial charge in [0, 0.05) is 29.4 Å². The molecule has 1 N–H and O–H groups in total. The molecule has 1 aromatic carbocycles. The molecule has 1 aromatic rings. The van der Waals surface area contributed by atoms with Crippen LogP contribution in [-0.2, 0) is 22.0 Å². The fourth-order valence-corrected chi connectivity index (χ4v) is 3.12. The van der Waals surface area contributed by atoms with E-state index in [-0.39, 0.29) is 18.1 Å². The molecule has 0 aliphatic carbocycles. The lowest BCUT2D eigenvalue weighted by Gasteiger charge is -2.20. The summed E-state index contributed by atoms with van der Waals surface area (Å²) < 4.78 is 11.1. The zero-order chi connectivity index (χ0) is 14.5. The fourth-order valence-electron chi connectivity index (χ4n) is 2.58. The highest BCUT2D eigenvalue weighted by Gasteiger charge is 2.35. The van der Waals surface area contributed by atoms with Crippen molar-refractivity contribution in [3.63, 3.8) is 0 Å². The lowest BCUT2D eigenvalue weighted by molar-refractivity contribution is -0.129. The number of nitrogens with zero attached hydrogens (tertiary/aromatic N) is 1. The van der Waals surface area contributed by atoms with Crippen molar-refractivity contribution < 1.29 is 9.00 Å². The van der Waals surface area contributed by atoms with Crippen molar-refractivity contribution in [1.29, 1.82) is 0 Å². The molecule has 0 bridgehead atoms. The molecule has 2 rings (SSSR count). The van der Waals surface area contributed by atoms with Crippen LogP contribution in [0.4, 0.5) is 0 Å². The van der Waals surface area contributed by atoms with Crippen LogP contribution in [0.15, 0.2) is 30.3 Å². The number of amides is 1. The third kappa shape index (κ3) is 3.90. The van der Waals surface area contributed by atoms with Gasteiger partial charge in [-0.25, -0.2) is 0 Å². The summed E-state index contributed by atoms with van der Waals surface area (Å²) in [4.78, 5) is 14.2. The van der Waals surface area contributed by atoms with Crippen LogP contribution in [-0.4, -0.2) is 45.8 Å². The number of nitrogens with one attached hydrogen (secondary N) is 1. The summed E-state index contributed by atoms with van der Waals surface area (Å²) in [5.41, 5.74) is 1.17. The molecule has 3 atom stereocenters. The second-order valence-electron chi connectivity index (χ2n) is 5.25. The molecule has 4 nitrogen and oxygen atoms in total. The lowest BCUT2D eigenvalue weighted by Crippen LogP contribution is -2.35. The van der Waals surface area contributed by atoms with E-state index in [1.54, 1.807) is 6.26 Å². The first kappa shape index (κ1) is 15.2. The molecule has 1 amide bonds. The Kier molecular flexibility index (Phi) is 5.31. The molecule has 0 saturated carbocycles. The van der Waals surface area contributed by atoms with E-state index in [2.05, 4.69) is 5.32 Å². The number of carbonyl (C=O) groups is 1. The van der Waals surface area contributed by atoms with Crippen molar-refractivity contribution in [2.24, 2.45) is 0 Å². The van der Waals surface area contributed by atoms with Crippen molar-refractivity contribution in [1.82, 2.24) is 10.2 Å². The Morgan fingerprint density at radius 2 is 2.00 bits per heavy atom. The van der Waals surface area contributed by atoms with Crippen LogP contribution in [0.25, 0.3) is 0 Å². The van der Waals surface area contributed by atoms with Crippen LogP contribution in [0.2, 0.25) is 0 Å². The van der Waals surface area contributed by atoms with Gasteiger partial charge in [0.05, 0.1) is 12.2 Å². The minimum atomic E-state index is -0.787. The van der Waals surface area contributed by atoms with Gasteiger partial charge >= 0.3 is 0 Å². The Hall–Kier alpha value is -1.20. The first-order valence-electron chi connectivity index (χ1n) is 6.98. The summed E-state index contributed by atoms with van der Waals surface area (Å²) in [7, 11) is -0.787. The molecule has 1 aliphatic rings. The molecule has 1 aliphatic heterocycles. The van der Waals surface area contributed by atoms with Gasteiger partial charge in [0.1, 0.15) is 0 Å². The monoisotopic (exact) mass is 294 g/mol. The Bertz CT molecular complexity index is 478. The first-order chi connectivity index (χ1) is 9.58. The molecular weight excluding hydrogens is 272 g/mol. The van der Waals surface area contributed by atoms with E-state index in [0.717, 1.165) is 12.8 Å². The maximum absolute atomic E-state index is 12.4. The Balaban J connectivity index is 1.91. The quantitative estimate of drug-likeness (QED) is 0.856. The van der Waals surface area contributed by atoms with E-state index < -0.39 is 10.8 Å². The van der Waals surface area contributed by atoms with Crippen LogP contribution in [0.3, 0.4) is 0 Å². The minimum absolute atomic E-state index is 0.0569. The highest BCUT2D eigenvalue weighted by Crippen LogP contribution is 2.15. The predicted molar refractivity (Wildman–Crippen MR) is 81.8 cm³/mol. The first-order valence-corrected chi connectivity index (χ1v) is 8.71. The molecule has 0 aromatic heterocycles. The number of rotatable bonds is 6. The molecule has 0 spiro atoms. The summed E-state index contributed by atoms with van der Waals surface area (Å²) in [6.45, 7) is 2.68. The van der Waals surface area contributed by atoms with E-state index in [4.69, 9.17) is 0 Å². The van der Waals surface area contributed by atoms with Crippen molar-refractivity contribution in [2.75, 3.05) is 18.6 Å². The highest BCUT2D eigenvalue weighted by molar-refractivity contribution is 7.84. The summed E-state index contributed by atoms with van der Waals surface area (Å²) >= 11 is 0. The Morgan fingerprint density at radius 3 is 2.65 bits per heavy atom. The van der Waals surface area contributed by atoms with Gasteiger partial charge in [0.2, 0.25) is 5.91 Å². The van der Waals surface area contributed by atoms with Gasteiger partial charge in [-0.2, -0.15) is 0 Å². The lowest BCUT2D eigenvalue weighted by atomic mass is 10.1. The third-order valence-electron chi connectivity index (χ3n) is 3.60. The van der Waals surface area contributed by atoms with Crippen LogP contribution in [0.5, 0.6) is 0 Å². The molecule has 1 saturated heterocycles. The Morgan fingerprint density at radius 1 is 1.30 bits per heavy atom. The molecule has 110 valence electrons. The topological polar surface area (TPSA) is 49.4 Å². The van der Waals surface area contributed by atoms with Crippen LogP contribution in [0, 0.1) is 0 Å². The molecule has 5 heteroatoms. The van der Waals surface area contributed by atoms with Crippen molar-refractivity contribution in [2.45, 2.75) is 32.0 Å². The summed E-state index contributed by atoms with van der Waals surface area (Å²) in [6.07, 6.45) is 3.27. The normalized spacial score (nSPS) is 24.1. The van der Waals surface area contributed by atoms with Gasteiger partial charge in [0.15, 0.2) is 0 Å². The summed E-state index contributed by atoms with van der Waals surface area (Å²) in [5.74, 6) is 0.808. The summed E-state index contributed by atoms with van der Waals surface area (Å²) in [6, 6.07) is 9.91. The van der Waals surface area contributed by atoms with Crippen molar-refractivity contribution in [3.05, 3.63) is 35.9 Å². The van der Waals surface area contributed by atoms with Gasteiger partial charge in [-0.15, -0.1) is 0 Å². The van der Waals surface area contributed by atoms with E-state index in [9.17, 15) is 9.00 Å².